The molecule has 3 aromatic rings. The van der Waals surface area contributed by atoms with E-state index in [2.05, 4.69) is 183 Å². The monoisotopic (exact) mass is 781 g/mol. The van der Waals surface area contributed by atoms with Gasteiger partial charge in [-0.15, -0.1) is 36.7 Å². The van der Waals surface area contributed by atoms with Crippen LogP contribution in [0.5, 0.6) is 0 Å². The molecule has 278 valence electrons. The van der Waals surface area contributed by atoms with Crippen molar-refractivity contribution in [1.82, 2.24) is 0 Å². The number of aryl methyl sites for hydroxylation is 6. The average Bonchev–Trinajstić information content (AvgIpc) is 2.88. The number of rotatable bonds is 6. The molecule has 3 aromatic carbocycles. The van der Waals surface area contributed by atoms with E-state index in [4.69, 9.17) is 5.11 Å². The molecule has 1 N–H and O–H groups in total. The van der Waals surface area contributed by atoms with Gasteiger partial charge in [0.1, 0.15) is 0 Å². The van der Waals surface area contributed by atoms with Crippen LogP contribution in [0, 0.1) is 63.2 Å². The fourth-order valence-corrected chi connectivity index (χ4v) is 4.11. The van der Waals surface area contributed by atoms with Gasteiger partial charge in [-0.25, -0.2) is 0 Å². The largest absolute Gasteiger partial charge is 3.00 e. The summed E-state index contributed by atoms with van der Waals surface area (Å²) in [6.45, 7) is 41.0. The van der Waals surface area contributed by atoms with E-state index in [0.717, 1.165) is 36.7 Å². The van der Waals surface area contributed by atoms with E-state index in [1.807, 2.05) is 20.8 Å². The number of nitrogens with zero attached hydrogens (tertiary/aromatic N) is 3. The van der Waals surface area contributed by atoms with Crippen molar-refractivity contribution in [3.63, 3.8) is 0 Å². The summed E-state index contributed by atoms with van der Waals surface area (Å²) >= 11 is 0. The summed E-state index contributed by atoms with van der Waals surface area (Å²) in [7, 11) is 3.01. The van der Waals surface area contributed by atoms with Gasteiger partial charge in [0.05, 0.1) is 5.48 Å². The third-order valence-electron chi connectivity index (χ3n) is 6.54. The Morgan fingerprint density at radius 2 is 0.600 bits per heavy atom. The molecule has 3 rings (SSSR count). The summed E-state index contributed by atoms with van der Waals surface area (Å²) in [5, 5.41) is 22.5. The Morgan fingerprint density at radius 1 is 0.440 bits per heavy atom. The van der Waals surface area contributed by atoms with Crippen LogP contribution >= 0.6 is 8.86 Å². The minimum absolute atomic E-state index is 0. The predicted octanol–water partition coefficient (Wildman–Crippen LogP) is 14.7. The van der Waals surface area contributed by atoms with Crippen LogP contribution in [-0.2, 0) is 22.4 Å². The van der Waals surface area contributed by atoms with Gasteiger partial charge in [-0.1, -0.05) is 196 Å². The Labute approximate surface area is 327 Å². The van der Waals surface area contributed by atoms with Crippen LogP contribution in [0.1, 0.15) is 116 Å². The van der Waals surface area contributed by atoms with Crippen molar-refractivity contribution in [1.29, 1.82) is 0 Å². The van der Waals surface area contributed by atoms with E-state index >= 15 is 0 Å². The van der Waals surface area contributed by atoms with Crippen LogP contribution in [0.15, 0.2) is 54.6 Å². The van der Waals surface area contributed by atoms with Crippen molar-refractivity contribution in [2.75, 3.05) is 19.6 Å². The maximum atomic E-state index is 8.72. The molecule has 0 unspecified atom stereocenters. The Kier molecular flexibility index (Phi) is 22.1. The molecule has 0 saturated heterocycles. The van der Waals surface area contributed by atoms with Crippen LogP contribution in [0.3, 0.4) is 0 Å². The molecule has 6 heteroatoms. The van der Waals surface area contributed by atoms with Gasteiger partial charge in [0, 0.05) is 5.41 Å². The third-order valence-corrected chi connectivity index (χ3v) is 7.29. The molecular formula is C44H71N3NbOP. The molecule has 0 saturated carbocycles. The molecule has 50 heavy (non-hydrogen) atoms. The fraction of sp³-hybridized carbons (Fsp3) is 0.568. The number of hydrogen-bond donors (Lipinski definition) is 1. The molecule has 0 bridgehead atoms. The average molecular weight is 782 g/mol. The van der Waals surface area contributed by atoms with Gasteiger partial charge in [-0.3, -0.25) is 0 Å². The summed E-state index contributed by atoms with van der Waals surface area (Å²) in [6, 6.07) is 19.4. The summed E-state index contributed by atoms with van der Waals surface area (Å²) < 4.78 is 0. The zero-order valence-corrected chi connectivity index (χ0v) is 38.3. The summed E-state index contributed by atoms with van der Waals surface area (Å²) in [4.78, 5) is 0. The molecule has 0 spiro atoms. The van der Waals surface area contributed by atoms with E-state index in [0.29, 0.717) is 5.48 Å². The van der Waals surface area contributed by atoms with Crippen LogP contribution in [0.4, 0.5) is 17.1 Å². The Bertz CT molecular complexity index is 1220. The molecule has 0 fully saturated rings. The van der Waals surface area contributed by atoms with Gasteiger partial charge in [0.2, 0.25) is 0 Å². The molecule has 0 aliphatic rings. The third kappa shape index (κ3) is 27.6. The predicted molar refractivity (Wildman–Crippen MR) is 224 cm³/mol. The maximum Gasteiger partial charge on any atom is 3.00 e. The van der Waals surface area contributed by atoms with Gasteiger partial charge >= 0.3 is 22.4 Å². The SMILES string of the molecule is CC(C)(C)C(O)=P.Cc1cc(C)cc([N-]CC(C)(C)C)c1.Cc1cc(C)cc([N-]CC(C)(C)C)c1.Cc1cc(C)cc([N-]CC(C)(C)C)c1.[Nb+3]. The number of benzene rings is 3. The minimum Gasteiger partial charge on any atom is -0.684 e. The number of hydrogen-bond acceptors (Lipinski definition) is 0. The number of aliphatic hydroxyl groups excluding tert-OH is 1. The first-order valence-electron chi connectivity index (χ1n) is 17.6. The Balaban J connectivity index is 0. The standard InChI is InChI=1S/3C13H20N.C5H11OP.Nb/c3*1-10-6-11(2)8-12(7-10)14-9-13(3,4)5;1-5(2,3)4(6)7;/h3*6-8H,9H2,1-5H3;6-7H,1-3H3;/q3*-1;;+3. The normalized spacial score (nSPS) is 11.3. The summed E-state index contributed by atoms with van der Waals surface area (Å²) in [5.41, 5.74) is 12.1. The van der Waals surface area contributed by atoms with E-state index < -0.39 is 0 Å². The Morgan fingerprint density at radius 3 is 0.720 bits per heavy atom. The molecule has 0 radical (unpaired) electrons. The van der Waals surface area contributed by atoms with Gasteiger partial charge in [0.25, 0.3) is 0 Å². The van der Waals surface area contributed by atoms with Crippen LogP contribution in [0.2, 0.25) is 0 Å². The van der Waals surface area contributed by atoms with Crippen molar-refractivity contribution < 1.29 is 27.5 Å². The van der Waals surface area contributed by atoms with E-state index in [-0.39, 0.29) is 44.0 Å². The van der Waals surface area contributed by atoms with Crippen molar-refractivity contribution in [2.24, 2.45) is 21.7 Å². The molecule has 0 amide bonds. The van der Waals surface area contributed by atoms with E-state index in [1.165, 1.54) is 33.4 Å². The van der Waals surface area contributed by atoms with Crippen LogP contribution in [-0.4, -0.2) is 30.2 Å². The minimum atomic E-state index is -0.114. The summed E-state index contributed by atoms with van der Waals surface area (Å²) in [6.07, 6.45) is 0. The molecule has 0 atom stereocenters. The molecule has 0 aliphatic heterocycles. The van der Waals surface area contributed by atoms with Crippen molar-refractivity contribution in [3.8, 4) is 0 Å². The van der Waals surface area contributed by atoms with Gasteiger partial charge in [-0.05, 0) is 41.5 Å². The van der Waals surface area contributed by atoms with Crippen LogP contribution < -0.4 is 0 Å². The van der Waals surface area contributed by atoms with Gasteiger partial charge in [0.15, 0.2) is 0 Å². The Hall–Kier alpha value is -2.07. The van der Waals surface area contributed by atoms with Crippen molar-refractivity contribution in [2.45, 2.75) is 125 Å². The fourth-order valence-electron chi connectivity index (χ4n) is 4.11. The first-order valence-corrected chi connectivity index (χ1v) is 18.1. The zero-order valence-electron chi connectivity index (χ0n) is 35.1. The van der Waals surface area contributed by atoms with Crippen molar-refractivity contribution >= 4 is 31.4 Å². The first-order chi connectivity index (χ1) is 22.0. The van der Waals surface area contributed by atoms with E-state index in [9.17, 15) is 0 Å². The second kappa shape index (κ2) is 22.1. The van der Waals surface area contributed by atoms with Gasteiger partial charge in [-0.2, -0.15) is 0 Å². The van der Waals surface area contributed by atoms with Gasteiger partial charge < -0.3 is 21.1 Å². The van der Waals surface area contributed by atoms with Crippen LogP contribution in [0.25, 0.3) is 16.0 Å². The van der Waals surface area contributed by atoms with Crippen molar-refractivity contribution in [3.05, 3.63) is 104 Å². The number of aliphatic hydroxyl groups is 1. The quantitative estimate of drug-likeness (QED) is 0.196. The second-order valence-corrected chi connectivity index (χ2v) is 18.7. The smallest absolute Gasteiger partial charge is 0.684 e. The second-order valence-electron chi connectivity index (χ2n) is 18.3. The molecule has 0 aliphatic carbocycles. The summed E-state index contributed by atoms with van der Waals surface area (Å²) in [5.74, 6) is 0. The molecular weight excluding hydrogens is 710 g/mol. The molecule has 0 aromatic heterocycles. The maximum absolute atomic E-state index is 8.72. The topological polar surface area (TPSA) is 62.5 Å². The van der Waals surface area contributed by atoms with E-state index in [1.54, 1.807) is 0 Å². The zero-order chi connectivity index (χ0) is 38.4. The first kappa shape index (κ1) is 50.0. The molecule has 0 heterocycles. The molecule has 4 nitrogen and oxygen atoms in total.